The topological polar surface area (TPSA) is 30.5 Å². The van der Waals surface area contributed by atoms with Gasteiger partial charge in [0.25, 0.3) is 0 Å². The van der Waals surface area contributed by atoms with Crippen LogP contribution in [0.4, 0.5) is 0 Å². The van der Waals surface area contributed by atoms with Gasteiger partial charge in [-0.25, -0.2) is 0 Å². The number of benzene rings is 1. The van der Waals surface area contributed by atoms with Gasteiger partial charge in [0, 0.05) is 17.5 Å². The van der Waals surface area contributed by atoms with E-state index in [0.29, 0.717) is 5.75 Å². The highest BCUT2D eigenvalue weighted by Gasteiger charge is 2.12. The Hall–Kier alpha value is -0.750. The lowest BCUT2D eigenvalue weighted by Crippen LogP contribution is -2.17. The molecular formula is C15H17BrClNO2S. The lowest BCUT2D eigenvalue weighted by atomic mass is 10.2. The van der Waals surface area contributed by atoms with Crippen molar-refractivity contribution in [2.75, 3.05) is 14.2 Å². The Bertz CT molecular complexity index is 618. The first-order valence-corrected chi connectivity index (χ1v) is 8.43. The van der Waals surface area contributed by atoms with Crippen LogP contribution in [0.15, 0.2) is 28.7 Å². The number of thiophene rings is 1. The Morgan fingerprint density at radius 2 is 2.05 bits per heavy atom. The van der Waals surface area contributed by atoms with Crippen LogP contribution < -0.4 is 14.8 Å². The zero-order valence-electron chi connectivity index (χ0n) is 12.1. The van der Waals surface area contributed by atoms with E-state index in [2.05, 4.69) is 34.2 Å². The number of halogens is 2. The summed E-state index contributed by atoms with van der Waals surface area (Å²) in [6, 6.07) is 8.23. The third kappa shape index (κ3) is 4.13. The molecule has 0 amide bonds. The summed E-state index contributed by atoms with van der Waals surface area (Å²) < 4.78 is 12.4. The van der Waals surface area contributed by atoms with Crippen LogP contribution in [0, 0.1) is 0 Å². The lowest BCUT2D eigenvalue weighted by molar-refractivity contribution is 0.352. The monoisotopic (exact) mass is 389 g/mol. The summed E-state index contributed by atoms with van der Waals surface area (Å²) in [7, 11) is 3.26. The smallest absolute Gasteiger partial charge is 0.174 e. The van der Waals surface area contributed by atoms with E-state index in [1.54, 1.807) is 25.6 Å². The van der Waals surface area contributed by atoms with Crippen molar-refractivity contribution in [3.63, 3.8) is 0 Å². The molecule has 114 valence electrons. The minimum absolute atomic E-state index is 0.245. The molecule has 0 aliphatic heterocycles. The maximum atomic E-state index is 5.97. The standard InChI is InChI=1S/C15H17BrClNO2S/c1-9(13-4-5-14(17)21-13)18-8-10-6-11(16)15(20-3)12(7-10)19-2/h4-7,9,18H,8H2,1-3H3. The number of methoxy groups -OCH3 is 2. The van der Waals surface area contributed by atoms with Crippen molar-refractivity contribution in [2.45, 2.75) is 19.5 Å². The number of nitrogens with one attached hydrogen (secondary N) is 1. The molecule has 0 fully saturated rings. The Kier molecular flexibility index (Phi) is 5.93. The summed E-state index contributed by atoms with van der Waals surface area (Å²) in [5.41, 5.74) is 1.12. The molecule has 1 aromatic carbocycles. The molecule has 1 atom stereocenters. The molecule has 0 spiro atoms. The quantitative estimate of drug-likeness (QED) is 0.750. The highest BCUT2D eigenvalue weighted by atomic mass is 79.9. The molecule has 2 aromatic rings. The van der Waals surface area contributed by atoms with Crippen molar-refractivity contribution in [3.8, 4) is 11.5 Å². The van der Waals surface area contributed by atoms with Crippen LogP contribution in [0.5, 0.6) is 11.5 Å². The molecule has 1 aromatic heterocycles. The molecule has 3 nitrogen and oxygen atoms in total. The molecule has 0 saturated heterocycles. The molecule has 0 aliphatic rings. The first kappa shape index (κ1) is 16.6. The highest BCUT2D eigenvalue weighted by Crippen LogP contribution is 2.36. The maximum Gasteiger partial charge on any atom is 0.174 e. The Morgan fingerprint density at radius 1 is 1.29 bits per heavy atom. The number of ether oxygens (including phenoxy) is 2. The van der Waals surface area contributed by atoms with Gasteiger partial charge in [0.1, 0.15) is 0 Å². The van der Waals surface area contributed by atoms with Gasteiger partial charge in [-0.1, -0.05) is 11.6 Å². The van der Waals surface area contributed by atoms with Crippen molar-refractivity contribution in [1.82, 2.24) is 5.32 Å². The van der Waals surface area contributed by atoms with Gasteiger partial charge in [-0.2, -0.15) is 0 Å². The summed E-state index contributed by atoms with van der Waals surface area (Å²) >= 11 is 11.1. The van der Waals surface area contributed by atoms with Gasteiger partial charge in [0.2, 0.25) is 0 Å². The summed E-state index contributed by atoms with van der Waals surface area (Å²) in [6.45, 7) is 2.85. The number of hydrogen-bond acceptors (Lipinski definition) is 4. The average molecular weight is 391 g/mol. The van der Waals surface area contributed by atoms with Crippen molar-refractivity contribution < 1.29 is 9.47 Å². The van der Waals surface area contributed by atoms with Gasteiger partial charge >= 0.3 is 0 Å². The molecule has 0 aliphatic carbocycles. The predicted octanol–water partition coefficient (Wildman–Crippen LogP) is 5.03. The van der Waals surface area contributed by atoms with Gasteiger partial charge in [-0.15, -0.1) is 11.3 Å². The summed E-state index contributed by atoms with van der Waals surface area (Å²) in [5, 5.41) is 3.48. The van der Waals surface area contributed by atoms with Gasteiger partial charge < -0.3 is 14.8 Å². The van der Waals surface area contributed by atoms with Gasteiger partial charge in [-0.3, -0.25) is 0 Å². The van der Waals surface area contributed by atoms with E-state index in [4.69, 9.17) is 21.1 Å². The third-order valence-electron chi connectivity index (χ3n) is 3.13. The molecular weight excluding hydrogens is 374 g/mol. The molecule has 0 radical (unpaired) electrons. The molecule has 6 heteroatoms. The first-order chi connectivity index (χ1) is 10.0. The van der Waals surface area contributed by atoms with E-state index in [0.717, 1.165) is 26.7 Å². The van der Waals surface area contributed by atoms with Crippen LogP contribution in [0.1, 0.15) is 23.4 Å². The second-order valence-corrected chi connectivity index (χ2v) is 7.16. The van der Waals surface area contributed by atoms with Crippen LogP contribution in [0.3, 0.4) is 0 Å². The first-order valence-electron chi connectivity index (χ1n) is 6.44. The zero-order chi connectivity index (χ0) is 15.4. The number of hydrogen-bond donors (Lipinski definition) is 1. The summed E-state index contributed by atoms with van der Waals surface area (Å²) in [5.74, 6) is 1.43. The Labute approximate surface area is 142 Å². The van der Waals surface area contributed by atoms with E-state index in [1.165, 1.54) is 4.88 Å². The second kappa shape index (κ2) is 7.49. The highest BCUT2D eigenvalue weighted by molar-refractivity contribution is 9.10. The van der Waals surface area contributed by atoms with E-state index in [9.17, 15) is 0 Å². The normalized spacial score (nSPS) is 12.2. The minimum atomic E-state index is 0.245. The summed E-state index contributed by atoms with van der Waals surface area (Å²) in [4.78, 5) is 1.22. The van der Waals surface area contributed by atoms with Crippen molar-refractivity contribution in [1.29, 1.82) is 0 Å². The van der Waals surface area contributed by atoms with Crippen LogP contribution in [0.2, 0.25) is 4.34 Å². The van der Waals surface area contributed by atoms with Gasteiger partial charge in [-0.05, 0) is 52.7 Å². The molecule has 1 heterocycles. The molecule has 2 rings (SSSR count). The van der Waals surface area contributed by atoms with Gasteiger partial charge in [0.15, 0.2) is 11.5 Å². The van der Waals surface area contributed by atoms with Crippen LogP contribution in [0.25, 0.3) is 0 Å². The maximum absolute atomic E-state index is 5.97. The number of rotatable bonds is 6. The van der Waals surface area contributed by atoms with Gasteiger partial charge in [0.05, 0.1) is 23.0 Å². The van der Waals surface area contributed by atoms with Crippen molar-refractivity contribution in [3.05, 3.63) is 43.5 Å². The average Bonchev–Trinajstić information content (AvgIpc) is 2.90. The van der Waals surface area contributed by atoms with E-state index in [-0.39, 0.29) is 6.04 Å². The Balaban J connectivity index is 2.08. The van der Waals surface area contributed by atoms with E-state index >= 15 is 0 Å². The predicted molar refractivity (Wildman–Crippen MR) is 91.8 cm³/mol. The summed E-state index contributed by atoms with van der Waals surface area (Å²) in [6.07, 6.45) is 0. The molecule has 1 unspecified atom stereocenters. The van der Waals surface area contributed by atoms with Crippen molar-refractivity contribution >= 4 is 38.9 Å². The molecule has 0 bridgehead atoms. The molecule has 0 saturated carbocycles. The SMILES string of the molecule is COc1cc(CNC(C)c2ccc(Cl)s2)cc(Br)c1OC. The fraction of sp³-hybridized carbons (Fsp3) is 0.333. The fourth-order valence-electron chi connectivity index (χ4n) is 2.01. The van der Waals surface area contributed by atoms with Crippen molar-refractivity contribution in [2.24, 2.45) is 0 Å². The van der Waals surface area contributed by atoms with E-state index in [1.807, 2.05) is 18.2 Å². The van der Waals surface area contributed by atoms with Crippen LogP contribution in [-0.4, -0.2) is 14.2 Å². The molecule has 21 heavy (non-hydrogen) atoms. The lowest BCUT2D eigenvalue weighted by Gasteiger charge is -2.15. The largest absolute Gasteiger partial charge is 0.493 e. The Morgan fingerprint density at radius 3 is 2.62 bits per heavy atom. The van der Waals surface area contributed by atoms with E-state index < -0.39 is 0 Å². The minimum Gasteiger partial charge on any atom is -0.493 e. The molecule has 1 N–H and O–H groups in total. The van der Waals surface area contributed by atoms with Crippen LogP contribution >= 0.6 is 38.9 Å². The second-order valence-electron chi connectivity index (χ2n) is 4.56. The fourth-order valence-corrected chi connectivity index (χ4v) is 3.74. The van der Waals surface area contributed by atoms with Crippen LogP contribution in [-0.2, 0) is 6.54 Å². The zero-order valence-corrected chi connectivity index (χ0v) is 15.2. The third-order valence-corrected chi connectivity index (χ3v) is 5.13.